The second-order valence-corrected chi connectivity index (χ2v) is 11.0. The van der Waals surface area contributed by atoms with E-state index >= 15 is 0 Å². The van der Waals surface area contributed by atoms with Crippen molar-refractivity contribution in [3.05, 3.63) is 77.9 Å². The number of anilines is 2. The summed E-state index contributed by atoms with van der Waals surface area (Å²) in [5.74, 6) is 0.479. The molecule has 0 amide bonds. The Hall–Kier alpha value is -3.25. The minimum atomic E-state index is -4.69. The molecule has 1 aliphatic heterocycles. The monoisotopic (exact) mass is 512 g/mol. The van der Waals surface area contributed by atoms with E-state index in [9.17, 15) is 30.0 Å². The number of nitrogens with zero attached hydrogens (tertiary/aromatic N) is 1. The number of halogens is 3. The first kappa shape index (κ1) is 23.9. The van der Waals surface area contributed by atoms with Crippen molar-refractivity contribution in [3.63, 3.8) is 0 Å². The van der Waals surface area contributed by atoms with Gasteiger partial charge in [-0.2, -0.15) is 13.2 Å². The predicted molar refractivity (Wildman–Crippen MR) is 120 cm³/mol. The third-order valence-corrected chi connectivity index (χ3v) is 8.52. The van der Waals surface area contributed by atoms with E-state index in [-0.39, 0.29) is 22.8 Å². The molecule has 0 atom stereocenters. The van der Waals surface area contributed by atoms with Gasteiger partial charge in [0.05, 0.1) is 33.8 Å². The number of nitrogens with one attached hydrogen (secondary N) is 1. The van der Waals surface area contributed by atoms with Crippen molar-refractivity contribution < 1.29 is 34.7 Å². The number of ether oxygens (including phenoxy) is 1. The Balaban J connectivity index is 1.65. The second-order valence-electron chi connectivity index (χ2n) is 7.48. The maximum atomic E-state index is 13.2. The lowest BCUT2D eigenvalue weighted by molar-refractivity contribution is -0.137. The van der Waals surface area contributed by atoms with Gasteiger partial charge in [-0.05, 0) is 66.6 Å². The summed E-state index contributed by atoms with van der Waals surface area (Å²) in [6, 6.07) is 13.6. The first-order chi connectivity index (χ1) is 15.9. The van der Waals surface area contributed by atoms with Crippen LogP contribution in [0.15, 0.2) is 76.5 Å². The SMILES string of the molecule is COc1ccc(S(=O)(=O)Nc2ccc3c(c2)N(S(=O)(=O)c2cccc(C(F)(F)F)c2)CC3)cc1. The largest absolute Gasteiger partial charge is 0.497 e. The van der Waals surface area contributed by atoms with Crippen LogP contribution in [0.25, 0.3) is 0 Å². The lowest BCUT2D eigenvalue weighted by atomic mass is 10.1. The van der Waals surface area contributed by atoms with Crippen LogP contribution in [0.2, 0.25) is 0 Å². The van der Waals surface area contributed by atoms with Crippen molar-refractivity contribution in [2.24, 2.45) is 0 Å². The second kappa shape index (κ2) is 8.51. The first-order valence-corrected chi connectivity index (χ1v) is 12.8. The minimum absolute atomic E-state index is 0.0165. The third-order valence-electron chi connectivity index (χ3n) is 5.31. The van der Waals surface area contributed by atoms with Crippen LogP contribution in [0.5, 0.6) is 5.75 Å². The highest BCUT2D eigenvalue weighted by Gasteiger charge is 2.35. The smallest absolute Gasteiger partial charge is 0.416 e. The number of alkyl halides is 3. The summed E-state index contributed by atoms with van der Waals surface area (Å²) in [6.45, 7) is 0.0165. The number of sulfonamides is 2. The molecule has 1 heterocycles. The molecule has 4 rings (SSSR count). The number of hydrogen-bond acceptors (Lipinski definition) is 5. The fraction of sp³-hybridized carbons (Fsp3) is 0.182. The zero-order valence-corrected chi connectivity index (χ0v) is 19.3. The van der Waals surface area contributed by atoms with E-state index in [1.165, 1.54) is 43.5 Å². The average molecular weight is 513 g/mol. The van der Waals surface area contributed by atoms with Gasteiger partial charge in [-0.3, -0.25) is 9.03 Å². The molecule has 0 aromatic heterocycles. The number of rotatable bonds is 6. The van der Waals surface area contributed by atoms with E-state index in [0.717, 1.165) is 22.5 Å². The Kier molecular flexibility index (Phi) is 5.98. The van der Waals surface area contributed by atoms with Gasteiger partial charge in [-0.1, -0.05) is 12.1 Å². The van der Waals surface area contributed by atoms with E-state index < -0.39 is 36.7 Å². The fourth-order valence-corrected chi connectivity index (χ4v) is 6.18. The topological polar surface area (TPSA) is 92.8 Å². The highest BCUT2D eigenvalue weighted by Crippen LogP contribution is 2.37. The van der Waals surface area contributed by atoms with Crippen LogP contribution >= 0.6 is 0 Å². The molecule has 180 valence electrons. The number of methoxy groups -OCH3 is 1. The van der Waals surface area contributed by atoms with Crippen molar-refractivity contribution in [2.45, 2.75) is 22.4 Å². The van der Waals surface area contributed by atoms with Crippen molar-refractivity contribution >= 4 is 31.4 Å². The molecule has 0 spiro atoms. The van der Waals surface area contributed by atoms with Gasteiger partial charge in [0.25, 0.3) is 20.0 Å². The quantitative estimate of drug-likeness (QED) is 0.533. The predicted octanol–water partition coefficient (Wildman–Crippen LogP) is 4.27. The van der Waals surface area contributed by atoms with Crippen LogP contribution in [0, 0.1) is 0 Å². The Morgan fingerprint density at radius 1 is 0.912 bits per heavy atom. The summed E-state index contributed by atoms with van der Waals surface area (Å²) in [5, 5.41) is 0. The van der Waals surface area contributed by atoms with E-state index in [1.807, 2.05) is 0 Å². The van der Waals surface area contributed by atoms with Crippen molar-refractivity contribution in [1.29, 1.82) is 0 Å². The molecular formula is C22H19F3N2O5S2. The average Bonchev–Trinajstić information content (AvgIpc) is 3.22. The zero-order valence-electron chi connectivity index (χ0n) is 17.7. The van der Waals surface area contributed by atoms with Crippen LogP contribution in [-0.4, -0.2) is 30.5 Å². The Morgan fingerprint density at radius 3 is 2.26 bits per heavy atom. The highest BCUT2D eigenvalue weighted by atomic mass is 32.2. The summed E-state index contributed by atoms with van der Waals surface area (Å²) in [4.78, 5) is -0.526. The summed E-state index contributed by atoms with van der Waals surface area (Å²) < 4.78 is 99.5. The molecule has 0 saturated carbocycles. The van der Waals surface area contributed by atoms with E-state index in [4.69, 9.17) is 4.74 Å². The van der Waals surface area contributed by atoms with Crippen molar-refractivity contribution in [3.8, 4) is 5.75 Å². The number of hydrogen-bond donors (Lipinski definition) is 1. The normalized spacial score (nSPS) is 14.1. The fourth-order valence-electron chi connectivity index (χ4n) is 3.59. The zero-order chi connectivity index (χ0) is 24.7. The third kappa shape index (κ3) is 4.55. The molecule has 0 unspecified atom stereocenters. The van der Waals surface area contributed by atoms with Gasteiger partial charge in [-0.25, -0.2) is 16.8 Å². The molecule has 0 saturated heterocycles. The van der Waals surface area contributed by atoms with Gasteiger partial charge in [0.1, 0.15) is 5.75 Å². The number of fused-ring (bicyclic) bond motifs is 1. The Labute approximate surface area is 194 Å². The molecule has 1 N–H and O–H groups in total. The summed E-state index contributed by atoms with van der Waals surface area (Å²) in [6.07, 6.45) is -4.36. The van der Waals surface area contributed by atoms with Gasteiger partial charge in [0.15, 0.2) is 0 Å². The molecule has 0 aliphatic carbocycles. The van der Waals surface area contributed by atoms with Crippen LogP contribution in [-0.2, 0) is 32.6 Å². The molecule has 1 aliphatic rings. The van der Waals surface area contributed by atoms with Crippen LogP contribution in [0.3, 0.4) is 0 Å². The first-order valence-electron chi connectivity index (χ1n) is 9.92. The van der Waals surface area contributed by atoms with Crippen LogP contribution in [0.4, 0.5) is 24.5 Å². The molecule has 0 bridgehead atoms. The van der Waals surface area contributed by atoms with E-state index in [0.29, 0.717) is 23.8 Å². The van der Waals surface area contributed by atoms with Crippen LogP contribution < -0.4 is 13.8 Å². The van der Waals surface area contributed by atoms with E-state index in [1.54, 1.807) is 6.07 Å². The molecule has 0 radical (unpaired) electrons. The lowest BCUT2D eigenvalue weighted by Gasteiger charge is -2.21. The maximum absolute atomic E-state index is 13.2. The Bertz CT molecular complexity index is 1440. The Morgan fingerprint density at radius 2 is 1.62 bits per heavy atom. The van der Waals surface area contributed by atoms with Crippen molar-refractivity contribution in [1.82, 2.24) is 0 Å². The summed E-state index contributed by atoms with van der Waals surface area (Å²) in [7, 11) is -6.84. The minimum Gasteiger partial charge on any atom is -0.497 e. The van der Waals surface area contributed by atoms with Gasteiger partial charge < -0.3 is 4.74 Å². The van der Waals surface area contributed by atoms with Gasteiger partial charge in [0.2, 0.25) is 0 Å². The lowest BCUT2D eigenvalue weighted by Crippen LogP contribution is -2.29. The van der Waals surface area contributed by atoms with Gasteiger partial charge in [-0.15, -0.1) is 0 Å². The molecular weight excluding hydrogens is 493 g/mol. The van der Waals surface area contributed by atoms with Crippen molar-refractivity contribution in [2.75, 3.05) is 22.7 Å². The van der Waals surface area contributed by atoms with E-state index in [2.05, 4.69) is 4.72 Å². The molecule has 34 heavy (non-hydrogen) atoms. The molecule has 3 aromatic carbocycles. The van der Waals surface area contributed by atoms with Gasteiger partial charge >= 0.3 is 6.18 Å². The molecule has 0 fully saturated rings. The standard InChI is InChI=1S/C22H19F3N2O5S2/c1-32-18-7-9-19(10-8-18)33(28,29)26-17-6-5-15-11-12-27(21(15)14-17)34(30,31)20-4-2-3-16(13-20)22(23,24)25/h2-10,13-14,26H,11-12H2,1H3. The van der Waals surface area contributed by atoms with Crippen LogP contribution in [0.1, 0.15) is 11.1 Å². The molecule has 3 aromatic rings. The maximum Gasteiger partial charge on any atom is 0.416 e. The summed E-state index contributed by atoms with van der Waals surface area (Å²) in [5.41, 5.74) is -0.134. The molecule has 12 heteroatoms. The van der Waals surface area contributed by atoms with Gasteiger partial charge in [0, 0.05) is 6.54 Å². The summed E-state index contributed by atoms with van der Waals surface area (Å²) >= 11 is 0. The highest BCUT2D eigenvalue weighted by molar-refractivity contribution is 7.93. The molecule has 7 nitrogen and oxygen atoms in total. The number of benzene rings is 3.